The summed E-state index contributed by atoms with van der Waals surface area (Å²) in [6.45, 7) is 3.23. The molecular weight excluding hydrogens is 570 g/mol. The molecule has 0 bridgehead atoms. The summed E-state index contributed by atoms with van der Waals surface area (Å²) in [7, 11) is 1.20. The highest BCUT2D eigenvalue weighted by Gasteiger charge is 2.68. The monoisotopic (exact) mass is 611 g/mol. The molecule has 0 unspecified atom stereocenters. The summed E-state index contributed by atoms with van der Waals surface area (Å²) < 4.78 is 9.94. The summed E-state index contributed by atoms with van der Waals surface area (Å²) in [6, 6.07) is -0.983. The fourth-order valence-corrected chi connectivity index (χ4v) is 8.62. The summed E-state index contributed by atoms with van der Waals surface area (Å²) in [6.07, 6.45) is 7.50. The van der Waals surface area contributed by atoms with E-state index in [0.29, 0.717) is 25.0 Å². The maximum atomic E-state index is 13.8. The third-order valence-electron chi connectivity index (χ3n) is 11.0. The van der Waals surface area contributed by atoms with Crippen LogP contribution in [0.15, 0.2) is 24.2 Å². The van der Waals surface area contributed by atoms with E-state index < -0.39 is 47.3 Å². The minimum absolute atomic E-state index is 0.00146. The number of aromatic amines is 1. The maximum absolute atomic E-state index is 13.8. The van der Waals surface area contributed by atoms with Crippen molar-refractivity contribution in [3.05, 3.63) is 29.9 Å². The van der Waals surface area contributed by atoms with Crippen LogP contribution in [0.25, 0.3) is 0 Å². The van der Waals surface area contributed by atoms with Gasteiger partial charge in [0.15, 0.2) is 12.4 Å². The number of ketones is 3. The molecule has 7 atom stereocenters. The quantitative estimate of drug-likeness (QED) is 0.331. The van der Waals surface area contributed by atoms with Crippen LogP contribution in [0, 0.1) is 28.6 Å². The first kappa shape index (κ1) is 31.7. The Kier molecular flexibility index (Phi) is 8.67. The van der Waals surface area contributed by atoms with Gasteiger partial charge >= 0.3 is 11.9 Å². The number of esters is 2. The van der Waals surface area contributed by atoms with E-state index in [-0.39, 0.29) is 66.8 Å². The minimum atomic E-state index is -1.82. The zero-order valence-corrected chi connectivity index (χ0v) is 25.5. The number of imidazole rings is 1. The number of aromatic nitrogens is 2. The molecule has 0 aromatic carbocycles. The third-order valence-corrected chi connectivity index (χ3v) is 11.0. The molecule has 4 aliphatic carbocycles. The van der Waals surface area contributed by atoms with Crippen LogP contribution < -0.4 is 5.32 Å². The number of aliphatic hydroxyl groups is 1. The number of methoxy groups -OCH3 is 1. The van der Waals surface area contributed by atoms with Crippen LogP contribution in [-0.2, 0) is 44.7 Å². The van der Waals surface area contributed by atoms with Crippen molar-refractivity contribution in [3.8, 4) is 0 Å². The van der Waals surface area contributed by atoms with Crippen molar-refractivity contribution >= 4 is 35.2 Å². The number of amides is 1. The zero-order valence-electron chi connectivity index (χ0n) is 25.5. The molecule has 0 spiro atoms. The molecule has 44 heavy (non-hydrogen) atoms. The minimum Gasteiger partial charge on any atom is -0.467 e. The summed E-state index contributed by atoms with van der Waals surface area (Å²) in [5, 5.41) is 14.3. The predicted molar refractivity (Wildman–Crippen MR) is 153 cm³/mol. The van der Waals surface area contributed by atoms with Gasteiger partial charge in [0.05, 0.1) is 19.9 Å². The predicted octanol–water partition coefficient (Wildman–Crippen LogP) is 1.94. The number of fused-ring (bicyclic) bond motifs is 5. The molecular formula is C32H41N3O9. The maximum Gasteiger partial charge on any atom is 0.328 e. The molecule has 12 nitrogen and oxygen atoms in total. The summed E-state index contributed by atoms with van der Waals surface area (Å²) in [5.74, 6) is -2.85. The van der Waals surface area contributed by atoms with E-state index in [1.165, 1.54) is 19.6 Å². The fourth-order valence-electron chi connectivity index (χ4n) is 8.62. The van der Waals surface area contributed by atoms with Gasteiger partial charge in [0.1, 0.15) is 17.4 Å². The first-order chi connectivity index (χ1) is 20.8. The Balaban J connectivity index is 1.17. The van der Waals surface area contributed by atoms with Gasteiger partial charge in [0.25, 0.3) is 0 Å². The smallest absolute Gasteiger partial charge is 0.328 e. The van der Waals surface area contributed by atoms with Crippen LogP contribution in [0.5, 0.6) is 0 Å². The zero-order chi connectivity index (χ0) is 31.9. The fraction of sp³-hybridized carbons (Fsp3) is 0.656. The Hall–Kier alpha value is -3.67. The van der Waals surface area contributed by atoms with Gasteiger partial charge in [-0.25, -0.2) is 9.78 Å². The lowest BCUT2D eigenvalue weighted by Gasteiger charge is -2.57. The van der Waals surface area contributed by atoms with E-state index in [2.05, 4.69) is 22.2 Å². The largest absolute Gasteiger partial charge is 0.467 e. The SMILES string of the molecule is COC(=O)[C@H](Cc1cnc[nH]1)NC(=O)CCC(=O)OCC(=O)[C@@]1(O)CC[C@H]2[C@@H]3CCC4=CC(=O)CC[C@]4(C)[C@H]3C(=O)C[C@@]21C. The molecule has 1 aromatic heterocycles. The molecule has 0 saturated heterocycles. The number of nitrogens with zero attached hydrogens (tertiary/aromatic N) is 1. The van der Waals surface area contributed by atoms with Crippen molar-refractivity contribution in [2.75, 3.05) is 13.7 Å². The van der Waals surface area contributed by atoms with Crippen LogP contribution in [0.4, 0.5) is 0 Å². The number of carbonyl (C=O) groups is 6. The van der Waals surface area contributed by atoms with Crippen LogP contribution in [0.3, 0.4) is 0 Å². The molecule has 0 radical (unpaired) electrons. The molecule has 1 amide bonds. The molecule has 4 aliphatic rings. The van der Waals surface area contributed by atoms with Gasteiger partial charge in [0.2, 0.25) is 11.7 Å². The van der Waals surface area contributed by atoms with Gasteiger partial charge in [-0.15, -0.1) is 0 Å². The van der Waals surface area contributed by atoms with Crippen molar-refractivity contribution in [1.82, 2.24) is 15.3 Å². The Bertz CT molecular complexity index is 1390. The van der Waals surface area contributed by atoms with Crippen molar-refractivity contribution in [1.29, 1.82) is 0 Å². The van der Waals surface area contributed by atoms with Crippen molar-refractivity contribution in [2.24, 2.45) is 28.6 Å². The molecule has 5 rings (SSSR count). The van der Waals surface area contributed by atoms with Crippen molar-refractivity contribution in [3.63, 3.8) is 0 Å². The van der Waals surface area contributed by atoms with Gasteiger partial charge in [-0.3, -0.25) is 24.0 Å². The number of ether oxygens (including phenoxy) is 2. The van der Waals surface area contributed by atoms with E-state index in [9.17, 15) is 33.9 Å². The summed E-state index contributed by atoms with van der Waals surface area (Å²) in [4.78, 5) is 83.1. The second kappa shape index (κ2) is 12.0. The van der Waals surface area contributed by atoms with E-state index in [0.717, 1.165) is 18.4 Å². The summed E-state index contributed by atoms with van der Waals surface area (Å²) >= 11 is 0. The Morgan fingerprint density at radius 3 is 2.61 bits per heavy atom. The Morgan fingerprint density at radius 2 is 1.91 bits per heavy atom. The Labute approximate surface area is 255 Å². The number of rotatable bonds is 10. The van der Waals surface area contributed by atoms with Crippen molar-refractivity contribution in [2.45, 2.75) is 89.7 Å². The van der Waals surface area contributed by atoms with Crippen LogP contribution in [-0.4, -0.2) is 75.6 Å². The first-order valence-corrected chi connectivity index (χ1v) is 15.3. The molecule has 1 heterocycles. The number of hydrogen-bond donors (Lipinski definition) is 3. The van der Waals surface area contributed by atoms with Gasteiger partial charge in [-0.1, -0.05) is 19.4 Å². The van der Waals surface area contributed by atoms with Crippen LogP contribution in [0.1, 0.15) is 77.3 Å². The number of allylic oxidation sites excluding steroid dienone is 1. The average molecular weight is 612 g/mol. The van der Waals surface area contributed by atoms with E-state index in [1.54, 1.807) is 6.08 Å². The molecule has 3 fully saturated rings. The van der Waals surface area contributed by atoms with Crippen LogP contribution >= 0.6 is 0 Å². The van der Waals surface area contributed by atoms with E-state index >= 15 is 0 Å². The number of Topliss-reactive ketones (excluding diaryl/α,β-unsaturated/α-hetero) is 2. The molecule has 1 aromatic rings. The normalized spacial score (nSPS) is 33.3. The standard InChI is InChI=1S/C32H41N3O9/c1-30-10-8-20(36)12-18(30)4-5-21-22-9-11-32(42,31(22,2)14-24(37)28(21)30)25(38)16-44-27(40)7-6-26(39)35-23(29(41)43-3)13-19-15-33-17-34-19/h12,15,17,21-23,28,42H,4-11,13-14,16H2,1-3H3,(H,33,34)(H,35,39)/t21-,22-,23-,28+,30-,31-,32-/m0/s1. The summed E-state index contributed by atoms with van der Waals surface area (Å²) in [5.41, 5.74) is -1.53. The molecule has 238 valence electrons. The van der Waals surface area contributed by atoms with Gasteiger partial charge in [-0.05, 0) is 55.4 Å². The third kappa shape index (κ3) is 5.52. The second-order valence-electron chi connectivity index (χ2n) is 13.3. The Morgan fingerprint density at radius 1 is 1.14 bits per heavy atom. The highest BCUT2D eigenvalue weighted by atomic mass is 16.5. The lowest BCUT2D eigenvalue weighted by molar-refractivity contribution is -0.173. The highest BCUT2D eigenvalue weighted by Crippen LogP contribution is 2.66. The van der Waals surface area contributed by atoms with E-state index in [4.69, 9.17) is 9.47 Å². The second-order valence-corrected chi connectivity index (χ2v) is 13.3. The first-order valence-electron chi connectivity index (χ1n) is 15.3. The molecule has 0 aliphatic heterocycles. The van der Waals surface area contributed by atoms with Gasteiger partial charge in [-0.2, -0.15) is 0 Å². The van der Waals surface area contributed by atoms with Crippen LogP contribution in [0.2, 0.25) is 0 Å². The number of H-pyrrole nitrogens is 1. The number of carbonyl (C=O) groups excluding carboxylic acids is 6. The number of hydrogen-bond acceptors (Lipinski definition) is 10. The van der Waals surface area contributed by atoms with Gasteiger partial charge in [0, 0.05) is 48.9 Å². The van der Waals surface area contributed by atoms with E-state index in [1.807, 2.05) is 6.92 Å². The average Bonchev–Trinajstić information content (AvgIpc) is 3.60. The number of nitrogens with one attached hydrogen (secondary N) is 2. The molecule has 3 saturated carbocycles. The lowest BCUT2D eigenvalue weighted by Crippen LogP contribution is -2.61. The van der Waals surface area contributed by atoms with Gasteiger partial charge < -0.3 is 24.9 Å². The van der Waals surface area contributed by atoms with Crippen molar-refractivity contribution < 1.29 is 43.3 Å². The lowest BCUT2D eigenvalue weighted by atomic mass is 9.46. The molecule has 3 N–H and O–H groups in total. The molecule has 12 heteroatoms. The topological polar surface area (TPSA) is 182 Å². The highest BCUT2D eigenvalue weighted by molar-refractivity contribution is 5.95.